The first-order chi connectivity index (χ1) is 15.0. The average Bonchev–Trinajstić information content (AvgIpc) is 3.20. The summed E-state index contributed by atoms with van der Waals surface area (Å²) in [7, 11) is 0. The molecule has 156 valence electrons. The Labute approximate surface area is 185 Å². The molecule has 1 N–H and O–H groups in total. The van der Waals surface area contributed by atoms with Gasteiger partial charge in [0.25, 0.3) is 0 Å². The number of anilines is 1. The zero-order valence-electron chi connectivity index (χ0n) is 17.7. The third-order valence-electron chi connectivity index (χ3n) is 5.12. The van der Waals surface area contributed by atoms with Crippen LogP contribution < -0.4 is 5.32 Å². The molecule has 0 saturated heterocycles. The molecule has 31 heavy (non-hydrogen) atoms. The predicted molar refractivity (Wildman–Crippen MR) is 125 cm³/mol. The van der Waals surface area contributed by atoms with E-state index in [0.717, 1.165) is 33.6 Å². The number of aromatic nitrogens is 4. The number of hydrogen-bond acceptors (Lipinski definition) is 5. The quantitative estimate of drug-likeness (QED) is 0.437. The number of nitrogens with one attached hydrogen (secondary N) is 1. The van der Waals surface area contributed by atoms with Gasteiger partial charge in [-0.1, -0.05) is 42.1 Å². The smallest absolute Gasteiger partial charge is 0.234 e. The minimum atomic E-state index is -0.0824. The van der Waals surface area contributed by atoms with Crippen molar-refractivity contribution in [1.29, 1.82) is 0 Å². The molecule has 0 spiro atoms. The molecule has 2 heterocycles. The van der Waals surface area contributed by atoms with Crippen LogP contribution in [0.3, 0.4) is 0 Å². The Morgan fingerprint density at radius 2 is 1.77 bits per heavy atom. The van der Waals surface area contributed by atoms with E-state index in [1.54, 1.807) is 12.4 Å². The van der Waals surface area contributed by atoms with Gasteiger partial charge in [-0.25, -0.2) is 0 Å². The highest BCUT2D eigenvalue weighted by atomic mass is 32.2. The predicted octanol–water partition coefficient (Wildman–Crippen LogP) is 4.99. The number of carbonyl (C=O) groups excluding carboxylic acids is 1. The molecule has 2 aromatic carbocycles. The van der Waals surface area contributed by atoms with E-state index >= 15 is 0 Å². The standard InChI is InChI=1S/C24H23N5OS/c1-16-9-6-11-20(18(16)3)26-22(30)15-31-24-28-27-23(19-10-7-13-25-14-19)29(24)21-12-5-4-8-17(21)2/h4-14H,15H2,1-3H3,(H,26,30). The van der Waals surface area contributed by atoms with Crippen LogP contribution in [0.4, 0.5) is 5.69 Å². The Morgan fingerprint density at radius 1 is 0.968 bits per heavy atom. The molecule has 0 aliphatic heterocycles. The van der Waals surface area contributed by atoms with Crippen LogP contribution in [0.5, 0.6) is 0 Å². The monoisotopic (exact) mass is 429 g/mol. The summed E-state index contributed by atoms with van der Waals surface area (Å²) in [5.74, 6) is 0.838. The second-order valence-corrected chi connectivity index (χ2v) is 8.20. The summed E-state index contributed by atoms with van der Waals surface area (Å²) < 4.78 is 1.99. The summed E-state index contributed by atoms with van der Waals surface area (Å²) in [6.07, 6.45) is 3.49. The van der Waals surface area contributed by atoms with E-state index in [0.29, 0.717) is 11.0 Å². The number of benzene rings is 2. The lowest BCUT2D eigenvalue weighted by Gasteiger charge is -2.13. The van der Waals surface area contributed by atoms with Crippen molar-refractivity contribution in [3.63, 3.8) is 0 Å². The Bertz CT molecular complexity index is 1220. The van der Waals surface area contributed by atoms with Gasteiger partial charge in [0.1, 0.15) is 0 Å². The molecule has 0 saturated carbocycles. The largest absolute Gasteiger partial charge is 0.325 e. The molecule has 2 aromatic heterocycles. The lowest BCUT2D eigenvalue weighted by Crippen LogP contribution is -2.15. The van der Waals surface area contributed by atoms with Crippen LogP contribution in [-0.2, 0) is 4.79 Å². The van der Waals surface area contributed by atoms with Gasteiger partial charge in [0, 0.05) is 23.6 Å². The molecular formula is C24H23N5OS. The second kappa shape index (κ2) is 9.14. The van der Waals surface area contributed by atoms with Gasteiger partial charge in [-0.15, -0.1) is 10.2 Å². The fourth-order valence-electron chi connectivity index (χ4n) is 3.28. The number of hydrogen-bond donors (Lipinski definition) is 1. The molecule has 1 amide bonds. The summed E-state index contributed by atoms with van der Waals surface area (Å²) in [4.78, 5) is 16.9. The van der Waals surface area contributed by atoms with Crippen LogP contribution >= 0.6 is 11.8 Å². The number of nitrogens with zero attached hydrogens (tertiary/aromatic N) is 4. The Kier molecular flexibility index (Phi) is 6.13. The maximum Gasteiger partial charge on any atom is 0.234 e. The third-order valence-corrected chi connectivity index (χ3v) is 6.05. The number of para-hydroxylation sites is 1. The number of thioether (sulfide) groups is 1. The minimum Gasteiger partial charge on any atom is -0.325 e. The molecule has 0 atom stereocenters. The van der Waals surface area contributed by atoms with Crippen molar-refractivity contribution < 1.29 is 4.79 Å². The fraction of sp³-hybridized carbons (Fsp3) is 0.167. The first-order valence-electron chi connectivity index (χ1n) is 9.95. The van der Waals surface area contributed by atoms with E-state index in [-0.39, 0.29) is 11.7 Å². The van der Waals surface area contributed by atoms with Gasteiger partial charge in [-0.05, 0) is 61.7 Å². The molecule has 4 rings (SSSR count). The fourth-order valence-corrected chi connectivity index (χ4v) is 4.02. The van der Waals surface area contributed by atoms with Crippen molar-refractivity contribution in [3.8, 4) is 17.1 Å². The molecule has 0 aliphatic rings. The Morgan fingerprint density at radius 3 is 2.55 bits per heavy atom. The summed E-state index contributed by atoms with van der Waals surface area (Å²) in [6.45, 7) is 6.08. The van der Waals surface area contributed by atoms with Crippen molar-refractivity contribution in [2.75, 3.05) is 11.1 Å². The van der Waals surface area contributed by atoms with E-state index in [2.05, 4.69) is 20.5 Å². The number of carbonyl (C=O) groups is 1. The van der Waals surface area contributed by atoms with Crippen molar-refractivity contribution in [2.24, 2.45) is 0 Å². The molecular weight excluding hydrogens is 406 g/mol. The van der Waals surface area contributed by atoms with E-state index < -0.39 is 0 Å². The van der Waals surface area contributed by atoms with Crippen molar-refractivity contribution >= 4 is 23.4 Å². The SMILES string of the molecule is Cc1ccccc1-n1c(SCC(=O)Nc2cccc(C)c2C)nnc1-c1cccnc1. The van der Waals surface area contributed by atoms with Gasteiger partial charge in [-0.2, -0.15) is 0 Å². The number of rotatable bonds is 6. The molecule has 0 aliphatic carbocycles. The van der Waals surface area contributed by atoms with Gasteiger partial charge in [0.15, 0.2) is 11.0 Å². The van der Waals surface area contributed by atoms with E-state index in [1.807, 2.05) is 79.9 Å². The van der Waals surface area contributed by atoms with Crippen LogP contribution in [0.1, 0.15) is 16.7 Å². The van der Waals surface area contributed by atoms with E-state index in [9.17, 15) is 4.79 Å². The summed E-state index contributed by atoms with van der Waals surface area (Å²) in [6, 6.07) is 17.8. The van der Waals surface area contributed by atoms with Crippen molar-refractivity contribution in [3.05, 3.63) is 83.7 Å². The first-order valence-corrected chi connectivity index (χ1v) is 10.9. The molecule has 0 fully saturated rings. The molecule has 0 bridgehead atoms. The van der Waals surface area contributed by atoms with Gasteiger partial charge in [0.2, 0.25) is 5.91 Å². The third kappa shape index (κ3) is 4.51. The van der Waals surface area contributed by atoms with E-state index in [4.69, 9.17) is 0 Å². The summed E-state index contributed by atoms with van der Waals surface area (Å²) >= 11 is 1.36. The summed E-state index contributed by atoms with van der Waals surface area (Å²) in [5, 5.41) is 12.5. The molecule has 6 nitrogen and oxygen atoms in total. The highest BCUT2D eigenvalue weighted by molar-refractivity contribution is 7.99. The highest BCUT2D eigenvalue weighted by Gasteiger charge is 2.18. The first kappa shape index (κ1) is 20.8. The van der Waals surface area contributed by atoms with Crippen LogP contribution in [0.25, 0.3) is 17.1 Å². The van der Waals surface area contributed by atoms with Crippen LogP contribution in [0.2, 0.25) is 0 Å². The number of amides is 1. The minimum absolute atomic E-state index is 0.0824. The highest BCUT2D eigenvalue weighted by Crippen LogP contribution is 2.29. The van der Waals surface area contributed by atoms with Crippen LogP contribution in [0, 0.1) is 20.8 Å². The molecule has 7 heteroatoms. The Balaban J connectivity index is 1.61. The normalized spacial score (nSPS) is 10.8. The Hall–Kier alpha value is -3.45. The van der Waals surface area contributed by atoms with Crippen LogP contribution in [-0.4, -0.2) is 31.4 Å². The zero-order chi connectivity index (χ0) is 21.8. The van der Waals surface area contributed by atoms with E-state index in [1.165, 1.54) is 11.8 Å². The second-order valence-electron chi connectivity index (χ2n) is 7.25. The van der Waals surface area contributed by atoms with Crippen molar-refractivity contribution in [1.82, 2.24) is 19.7 Å². The maximum absolute atomic E-state index is 12.6. The summed E-state index contributed by atoms with van der Waals surface area (Å²) in [5.41, 5.74) is 5.98. The molecule has 0 radical (unpaired) electrons. The lowest BCUT2D eigenvalue weighted by atomic mass is 10.1. The number of pyridine rings is 1. The average molecular weight is 430 g/mol. The van der Waals surface area contributed by atoms with Crippen LogP contribution in [0.15, 0.2) is 72.1 Å². The van der Waals surface area contributed by atoms with Crippen molar-refractivity contribution in [2.45, 2.75) is 25.9 Å². The van der Waals surface area contributed by atoms with Gasteiger partial charge in [0.05, 0.1) is 11.4 Å². The van der Waals surface area contributed by atoms with Gasteiger partial charge >= 0.3 is 0 Å². The number of aryl methyl sites for hydroxylation is 2. The molecule has 0 unspecified atom stereocenters. The lowest BCUT2D eigenvalue weighted by molar-refractivity contribution is -0.113. The van der Waals surface area contributed by atoms with Gasteiger partial charge in [-0.3, -0.25) is 14.3 Å². The maximum atomic E-state index is 12.6. The molecule has 4 aromatic rings. The zero-order valence-corrected chi connectivity index (χ0v) is 18.5. The topological polar surface area (TPSA) is 72.7 Å². The van der Waals surface area contributed by atoms with Gasteiger partial charge < -0.3 is 5.32 Å².